The maximum Gasteiger partial charge on any atom is 0.244 e. The second-order valence-corrected chi connectivity index (χ2v) is 12.2. The molecule has 0 radical (unpaired) electrons. The van der Waals surface area contributed by atoms with E-state index in [9.17, 15) is 22.8 Å². The number of nitrogens with one attached hydrogen (secondary N) is 2. The Balaban J connectivity index is 1.42. The fraction of sp³-hybridized carbons (Fsp3) is 0.400. The van der Waals surface area contributed by atoms with Crippen molar-refractivity contribution in [2.24, 2.45) is 5.92 Å². The van der Waals surface area contributed by atoms with Crippen molar-refractivity contribution in [2.75, 3.05) is 11.2 Å². The van der Waals surface area contributed by atoms with E-state index >= 15 is 0 Å². The summed E-state index contributed by atoms with van der Waals surface area (Å²) in [5.41, 5.74) is 3.57. The molecule has 10 heteroatoms. The Morgan fingerprint density at radius 2 is 1.83 bits per heavy atom. The number of carbonyl (C=O) groups is 3. The molecule has 2 aliphatic heterocycles. The molecular weight excluding hydrogens is 534 g/mol. The summed E-state index contributed by atoms with van der Waals surface area (Å²) >= 11 is 3.54. The highest BCUT2D eigenvalue weighted by molar-refractivity contribution is 9.10. The minimum absolute atomic E-state index is 0.0698. The lowest BCUT2D eigenvalue weighted by Gasteiger charge is -2.27. The summed E-state index contributed by atoms with van der Waals surface area (Å²) in [6.07, 6.45) is 3.02. The van der Waals surface area contributed by atoms with E-state index in [0.29, 0.717) is 6.42 Å². The van der Waals surface area contributed by atoms with Crippen LogP contribution in [0.5, 0.6) is 0 Å². The molecular formula is C25H28BrN3O5S. The Morgan fingerprint density at radius 3 is 2.49 bits per heavy atom. The minimum atomic E-state index is -3.29. The van der Waals surface area contributed by atoms with Crippen LogP contribution in [-0.4, -0.2) is 44.5 Å². The van der Waals surface area contributed by atoms with Gasteiger partial charge in [-0.1, -0.05) is 35.0 Å². The molecule has 0 saturated carbocycles. The first-order valence-corrected chi connectivity index (χ1v) is 14.2. The number of benzene rings is 2. The zero-order valence-corrected chi connectivity index (χ0v) is 22.2. The SMILES string of the molecule is C[C@H](NC(=O)[C@@H]1Cc2cc(Br)cc3c2N1C(=O)[C@@H](C)CC3)C(=O)NCc1ccc(S(C)(=O)=O)cc1. The van der Waals surface area contributed by atoms with Gasteiger partial charge in [0.05, 0.1) is 10.6 Å². The smallest absolute Gasteiger partial charge is 0.244 e. The molecule has 8 nitrogen and oxygen atoms in total. The molecule has 0 aromatic heterocycles. The number of hydrogen-bond donors (Lipinski definition) is 2. The molecule has 2 aromatic carbocycles. The molecule has 4 rings (SSSR count). The zero-order chi connectivity index (χ0) is 25.5. The van der Waals surface area contributed by atoms with Crippen LogP contribution in [0.15, 0.2) is 45.8 Å². The quantitative estimate of drug-likeness (QED) is 0.562. The zero-order valence-electron chi connectivity index (χ0n) is 19.8. The number of hydrogen-bond acceptors (Lipinski definition) is 5. The predicted molar refractivity (Wildman–Crippen MR) is 136 cm³/mol. The summed E-state index contributed by atoms with van der Waals surface area (Å²) in [5.74, 6) is -1.01. The summed E-state index contributed by atoms with van der Waals surface area (Å²) < 4.78 is 24.1. The number of rotatable bonds is 6. The summed E-state index contributed by atoms with van der Waals surface area (Å²) in [5, 5.41) is 5.52. The van der Waals surface area contributed by atoms with Crippen LogP contribution in [0.4, 0.5) is 5.69 Å². The van der Waals surface area contributed by atoms with Gasteiger partial charge in [0.2, 0.25) is 17.7 Å². The number of amides is 3. The third kappa shape index (κ3) is 5.28. The van der Waals surface area contributed by atoms with Crippen LogP contribution in [0, 0.1) is 5.92 Å². The Kier molecular flexibility index (Phi) is 7.06. The van der Waals surface area contributed by atoms with E-state index in [2.05, 4.69) is 26.6 Å². The van der Waals surface area contributed by atoms with Crippen molar-refractivity contribution in [1.29, 1.82) is 0 Å². The van der Waals surface area contributed by atoms with Crippen LogP contribution >= 0.6 is 15.9 Å². The van der Waals surface area contributed by atoms with Crippen LogP contribution < -0.4 is 15.5 Å². The minimum Gasteiger partial charge on any atom is -0.350 e. The standard InChI is InChI=1S/C25H28BrN3O5S/c1-14-4-7-17-10-19(26)11-18-12-21(29(22(17)18)25(14)32)24(31)28-15(2)23(30)27-13-16-5-8-20(9-6-16)35(3,33)34/h5-6,8-11,14-15,21H,4,7,12-13H2,1-3H3,(H,27,30)(H,28,31)/t14-,15-,21-/m0/s1. The maximum absolute atomic E-state index is 13.2. The molecule has 0 fully saturated rings. The highest BCUT2D eigenvalue weighted by Crippen LogP contribution is 2.41. The number of aryl methyl sites for hydroxylation is 1. The van der Waals surface area contributed by atoms with Crippen LogP contribution in [-0.2, 0) is 43.6 Å². The lowest BCUT2D eigenvalue weighted by Crippen LogP contribution is -2.53. The fourth-order valence-corrected chi connectivity index (χ4v) is 5.79. The Hall–Kier alpha value is -2.72. The van der Waals surface area contributed by atoms with Gasteiger partial charge in [-0.05, 0) is 60.7 Å². The first kappa shape index (κ1) is 25.4. The monoisotopic (exact) mass is 561 g/mol. The highest BCUT2D eigenvalue weighted by atomic mass is 79.9. The maximum atomic E-state index is 13.2. The molecule has 3 atom stereocenters. The number of halogens is 1. The van der Waals surface area contributed by atoms with Crippen molar-refractivity contribution in [3.63, 3.8) is 0 Å². The average Bonchev–Trinajstić information content (AvgIpc) is 3.13. The van der Waals surface area contributed by atoms with Gasteiger partial charge in [0, 0.05) is 29.6 Å². The van der Waals surface area contributed by atoms with Crippen molar-refractivity contribution >= 4 is 49.2 Å². The molecule has 2 aromatic rings. The lowest BCUT2D eigenvalue weighted by molar-refractivity contribution is -0.130. The van der Waals surface area contributed by atoms with Crippen LogP contribution in [0.2, 0.25) is 0 Å². The van der Waals surface area contributed by atoms with Gasteiger partial charge < -0.3 is 10.6 Å². The van der Waals surface area contributed by atoms with Crippen molar-refractivity contribution in [2.45, 2.75) is 56.6 Å². The van der Waals surface area contributed by atoms with E-state index in [-0.39, 0.29) is 35.1 Å². The molecule has 2 N–H and O–H groups in total. The molecule has 0 spiro atoms. The summed E-state index contributed by atoms with van der Waals surface area (Å²) in [4.78, 5) is 40.9. The first-order valence-electron chi connectivity index (χ1n) is 11.5. The normalized spacial score (nSPS) is 20.1. The third-order valence-electron chi connectivity index (χ3n) is 6.58. The summed E-state index contributed by atoms with van der Waals surface area (Å²) in [6, 6.07) is 8.70. The third-order valence-corrected chi connectivity index (χ3v) is 8.16. The predicted octanol–water partition coefficient (Wildman–Crippen LogP) is 2.51. The van der Waals surface area contributed by atoms with Crippen molar-refractivity contribution in [3.8, 4) is 0 Å². The second kappa shape index (κ2) is 9.73. The van der Waals surface area contributed by atoms with Gasteiger partial charge in [-0.25, -0.2) is 8.42 Å². The van der Waals surface area contributed by atoms with E-state index < -0.39 is 21.9 Å². The van der Waals surface area contributed by atoms with Gasteiger partial charge in [-0.2, -0.15) is 0 Å². The molecule has 186 valence electrons. The molecule has 0 saturated heterocycles. The summed E-state index contributed by atoms with van der Waals surface area (Å²) in [7, 11) is -3.29. The molecule has 0 bridgehead atoms. The van der Waals surface area contributed by atoms with Gasteiger partial charge in [-0.15, -0.1) is 0 Å². The van der Waals surface area contributed by atoms with Gasteiger partial charge in [0.25, 0.3) is 0 Å². The van der Waals surface area contributed by atoms with E-state index in [0.717, 1.165) is 45.9 Å². The van der Waals surface area contributed by atoms with Gasteiger partial charge in [0.1, 0.15) is 12.1 Å². The number of anilines is 1. The Bertz CT molecular complexity index is 1290. The highest BCUT2D eigenvalue weighted by Gasteiger charge is 2.43. The molecule has 0 unspecified atom stereocenters. The molecule has 35 heavy (non-hydrogen) atoms. The van der Waals surface area contributed by atoms with E-state index in [1.54, 1.807) is 24.0 Å². The number of carbonyl (C=O) groups excluding carboxylic acids is 3. The van der Waals surface area contributed by atoms with Gasteiger partial charge >= 0.3 is 0 Å². The largest absolute Gasteiger partial charge is 0.350 e. The van der Waals surface area contributed by atoms with Crippen LogP contribution in [0.3, 0.4) is 0 Å². The summed E-state index contributed by atoms with van der Waals surface area (Å²) in [6.45, 7) is 3.67. The Labute approximate surface area is 213 Å². The molecule has 3 amide bonds. The van der Waals surface area contributed by atoms with E-state index in [1.807, 2.05) is 19.1 Å². The van der Waals surface area contributed by atoms with Crippen molar-refractivity contribution in [1.82, 2.24) is 10.6 Å². The van der Waals surface area contributed by atoms with Crippen molar-refractivity contribution in [3.05, 3.63) is 57.6 Å². The first-order chi connectivity index (χ1) is 16.5. The van der Waals surface area contributed by atoms with Crippen LogP contribution in [0.25, 0.3) is 0 Å². The molecule has 0 aliphatic carbocycles. The topological polar surface area (TPSA) is 113 Å². The fourth-order valence-electron chi connectivity index (χ4n) is 4.61. The van der Waals surface area contributed by atoms with Gasteiger partial charge in [0.15, 0.2) is 9.84 Å². The average molecular weight is 562 g/mol. The number of sulfone groups is 1. The second-order valence-electron chi connectivity index (χ2n) is 9.30. The number of nitrogens with zero attached hydrogens (tertiary/aromatic N) is 1. The van der Waals surface area contributed by atoms with E-state index in [1.165, 1.54) is 12.1 Å². The Morgan fingerprint density at radius 1 is 1.17 bits per heavy atom. The van der Waals surface area contributed by atoms with Crippen LogP contribution in [0.1, 0.15) is 37.0 Å². The van der Waals surface area contributed by atoms with Gasteiger partial charge in [-0.3, -0.25) is 19.3 Å². The van der Waals surface area contributed by atoms with E-state index in [4.69, 9.17) is 0 Å². The van der Waals surface area contributed by atoms with Crippen molar-refractivity contribution < 1.29 is 22.8 Å². The molecule has 2 heterocycles. The molecule has 2 aliphatic rings. The lowest BCUT2D eigenvalue weighted by atomic mass is 9.99.